The highest BCUT2D eigenvalue weighted by Crippen LogP contribution is 2.20. The van der Waals surface area contributed by atoms with E-state index in [1.165, 1.54) is 0 Å². The summed E-state index contributed by atoms with van der Waals surface area (Å²) in [7, 11) is 5.58. The van der Waals surface area contributed by atoms with E-state index in [0.717, 1.165) is 11.3 Å². The van der Waals surface area contributed by atoms with E-state index in [1.54, 1.807) is 13.2 Å². The quantitative estimate of drug-likeness (QED) is 0.572. The molecule has 7 nitrogen and oxygen atoms in total. The summed E-state index contributed by atoms with van der Waals surface area (Å²) >= 11 is 0. The molecule has 0 saturated heterocycles. The van der Waals surface area contributed by atoms with Gasteiger partial charge in [-0.3, -0.25) is 4.79 Å². The smallest absolute Gasteiger partial charge is 0.274 e. The molecule has 3 aromatic rings. The van der Waals surface area contributed by atoms with Crippen LogP contribution in [0.3, 0.4) is 0 Å². The molecule has 0 aliphatic rings. The topological polar surface area (TPSA) is 79.4 Å². The molecule has 0 fully saturated rings. The van der Waals surface area contributed by atoms with E-state index in [1.807, 2.05) is 73.6 Å². The molecule has 0 bridgehead atoms. The van der Waals surface area contributed by atoms with Gasteiger partial charge in [-0.1, -0.05) is 30.3 Å². The first kappa shape index (κ1) is 20.3. The van der Waals surface area contributed by atoms with E-state index in [-0.39, 0.29) is 11.6 Å². The van der Waals surface area contributed by atoms with Gasteiger partial charge in [-0.15, -0.1) is 0 Å². The molecule has 0 aliphatic heterocycles. The highest BCUT2D eigenvalue weighted by molar-refractivity contribution is 6.03. The maximum absolute atomic E-state index is 12.8. The minimum Gasteiger partial charge on any atom is -0.383 e. The van der Waals surface area contributed by atoms with Gasteiger partial charge in [0.15, 0.2) is 5.82 Å². The lowest BCUT2D eigenvalue weighted by atomic mass is 10.2. The maximum Gasteiger partial charge on any atom is 0.274 e. The van der Waals surface area contributed by atoms with Gasteiger partial charge < -0.3 is 20.3 Å². The van der Waals surface area contributed by atoms with Crippen LogP contribution in [0, 0.1) is 0 Å². The third-order valence-electron chi connectivity index (χ3n) is 4.24. The molecule has 7 heteroatoms. The van der Waals surface area contributed by atoms with Gasteiger partial charge in [-0.05, 0) is 24.3 Å². The maximum atomic E-state index is 12.8. The Bertz CT molecular complexity index is 943. The van der Waals surface area contributed by atoms with Crippen LogP contribution in [0.15, 0.2) is 60.7 Å². The van der Waals surface area contributed by atoms with Gasteiger partial charge in [-0.25, -0.2) is 9.97 Å². The molecular formula is C22H25N5O2. The van der Waals surface area contributed by atoms with Crippen LogP contribution in [0.4, 0.5) is 17.2 Å². The number of ether oxygens (including phenoxy) is 1. The summed E-state index contributed by atoms with van der Waals surface area (Å²) in [6.07, 6.45) is 0. The number of benzene rings is 2. The van der Waals surface area contributed by atoms with Crippen LogP contribution in [0.25, 0.3) is 11.4 Å². The van der Waals surface area contributed by atoms with E-state index >= 15 is 0 Å². The summed E-state index contributed by atoms with van der Waals surface area (Å²) in [4.78, 5) is 23.8. The number of nitrogens with one attached hydrogen (secondary N) is 2. The molecule has 0 spiro atoms. The lowest BCUT2D eigenvalue weighted by Gasteiger charge is -2.13. The van der Waals surface area contributed by atoms with Gasteiger partial charge in [0.05, 0.1) is 6.61 Å². The first-order chi connectivity index (χ1) is 14.1. The number of methoxy groups -OCH3 is 1. The van der Waals surface area contributed by atoms with Crippen molar-refractivity contribution in [3.63, 3.8) is 0 Å². The fraction of sp³-hybridized carbons (Fsp3) is 0.227. The van der Waals surface area contributed by atoms with Crippen molar-refractivity contribution in [2.45, 2.75) is 0 Å². The number of rotatable bonds is 8. The molecule has 0 aliphatic carbocycles. The standard InChI is InChI=1S/C22H25N5O2/c1-27(2)18-11-9-17(10-12-18)24-22(28)19-15-20(23-13-14-29-3)26-21(25-19)16-7-5-4-6-8-16/h4-12,15H,13-14H2,1-3H3,(H,24,28)(H,23,25,26). The van der Waals surface area contributed by atoms with E-state index in [4.69, 9.17) is 4.74 Å². The van der Waals surface area contributed by atoms with E-state index < -0.39 is 0 Å². The lowest BCUT2D eigenvalue weighted by Crippen LogP contribution is -2.17. The zero-order valence-corrected chi connectivity index (χ0v) is 16.8. The number of carbonyl (C=O) groups excluding carboxylic acids is 1. The first-order valence-electron chi connectivity index (χ1n) is 9.33. The second-order valence-electron chi connectivity index (χ2n) is 6.64. The Hall–Kier alpha value is -3.45. The molecule has 2 aromatic carbocycles. The zero-order valence-electron chi connectivity index (χ0n) is 16.8. The molecule has 0 unspecified atom stereocenters. The Kier molecular flexibility index (Phi) is 6.76. The second kappa shape index (κ2) is 9.66. The number of hydrogen-bond donors (Lipinski definition) is 2. The fourth-order valence-corrected chi connectivity index (χ4v) is 2.69. The highest BCUT2D eigenvalue weighted by Gasteiger charge is 2.13. The van der Waals surface area contributed by atoms with Crippen LogP contribution in [0.5, 0.6) is 0 Å². The molecule has 3 rings (SSSR count). The lowest BCUT2D eigenvalue weighted by molar-refractivity contribution is 0.102. The van der Waals surface area contributed by atoms with Crippen LogP contribution in [-0.4, -0.2) is 50.2 Å². The zero-order chi connectivity index (χ0) is 20.6. The van der Waals surface area contributed by atoms with Crippen LogP contribution >= 0.6 is 0 Å². The predicted octanol–water partition coefficient (Wildman–Crippen LogP) is 3.52. The molecule has 0 atom stereocenters. The largest absolute Gasteiger partial charge is 0.383 e. The number of aromatic nitrogens is 2. The highest BCUT2D eigenvalue weighted by atomic mass is 16.5. The van der Waals surface area contributed by atoms with Gasteiger partial charge in [0.1, 0.15) is 11.5 Å². The van der Waals surface area contributed by atoms with Gasteiger partial charge in [0.25, 0.3) is 5.91 Å². The Morgan fingerprint density at radius 3 is 2.41 bits per heavy atom. The van der Waals surface area contributed by atoms with Crippen molar-refractivity contribution in [1.82, 2.24) is 9.97 Å². The van der Waals surface area contributed by atoms with Crippen molar-refractivity contribution in [1.29, 1.82) is 0 Å². The van der Waals surface area contributed by atoms with Crippen molar-refractivity contribution in [3.05, 3.63) is 66.4 Å². The number of carbonyl (C=O) groups is 1. The summed E-state index contributed by atoms with van der Waals surface area (Å²) in [5.41, 5.74) is 2.89. The van der Waals surface area contributed by atoms with E-state index in [9.17, 15) is 4.79 Å². The second-order valence-corrected chi connectivity index (χ2v) is 6.64. The molecular weight excluding hydrogens is 366 g/mol. The predicted molar refractivity (Wildman–Crippen MR) is 117 cm³/mol. The molecule has 29 heavy (non-hydrogen) atoms. The summed E-state index contributed by atoms with van der Waals surface area (Å²) < 4.78 is 5.07. The normalized spacial score (nSPS) is 10.4. The first-order valence-corrected chi connectivity index (χ1v) is 9.33. The summed E-state index contributed by atoms with van der Waals surface area (Å²) in [6, 6.07) is 18.8. The minimum absolute atomic E-state index is 0.287. The average molecular weight is 391 g/mol. The molecule has 150 valence electrons. The number of amides is 1. The van der Waals surface area contributed by atoms with Crippen LogP contribution in [-0.2, 0) is 4.74 Å². The Labute approximate surface area is 170 Å². The number of nitrogens with zero attached hydrogens (tertiary/aromatic N) is 3. The molecule has 0 saturated carbocycles. The monoisotopic (exact) mass is 391 g/mol. The van der Waals surface area contributed by atoms with Gasteiger partial charge in [0, 0.05) is 50.8 Å². The van der Waals surface area contributed by atoms with Crippen molar-refractivity contribution in [3.8, 4) is 11.4 Å². The average Bonchev–Trinajstić information content (AvgIpc) is 2.75. The van der Waals surface area contributed by atoms with Gasteiger partial charge in [0.2, 0.25) is 0 Å². The van der Waals surface area contributed by atoms with E-state index in [0.29, 0.717) is 30.5 Å². The van der Waals surface area contributed by atoms with Crippen molar-refractivity contribution in [2.24, 2.45) is 0 Å². The van der Waals surface area contributed by atoms with Crippen molar-refractivity contribution < 1.29 is 9.53 Å². The van der Waals surface area contributed by atoms with Crippen molar-refractivity contribution in [2.75, 3.05) is 49.9 Å². The molecule has 1 aromatic heterocycles. The van der Waals surface area contributed by atoms with Gasteiger partial charge >= 0.3 is 0 Å². The van der Waals surface area contributed by atoms with E-state index in [2.05, 4.69) is 20.6 Å². The summed E-state index contributed by atoms with van der Waals surface area (Å²) in [6.45, 7) is 1.11. The Morgan fingerprint density at radius 2 is 1.76 bits per heavy atom. The SMILES string of the molecule is COCCNc1cc(C(=O)Nc2ccc(N(C)C)cc2)nc(-c2ccccc2)n1. The Balaban J connectivity index is 1.85. The van der Waals surface area contributed by atoms with Crippen LogP contribution in [0.2, 0.25) is 0 Å². The third kappa shape index (κ3) is 5.52. The number of anilines is 3. The molecule has 2 N–H and O–H groups in total. The van der Waals surface area contributed by atoms with Crippen LogP contribution in [0.1, 0.15) is 10.5 Å². The Morgan fingerprint density at radius 1 is 1.03 bits per heavy atom. The molecule has 1 amide bonds. The van der Waals surface area contributed by atoms with Gasteiger partial charge in [-0.2, -0.15) is 0 Å². The molecule has 0 radical (unpaired) electrons. The number of hydrogen-bond acceptors (Lipinski definition) is 6. The minimum atomic E-state index is -0.294. The summed E-state index contributed by atoms with van der Waals surface area (Å²) in [5.74, 6) is 0.766. The molecule has 1 heterocycles. The fourth-order valence-electron chi connectivity index (χ4n) is 2.69. The van der Waals surface area contributed by atoms with Crippen molar-refractivity contribution >= 4 is 23.1 Å². The van der Waals surface area contributed by atoms with Crippen LogP contribution < -0.4 is 15.5 Å². The summed E-state index contributed by atoms with van der Waals surface area (Å²) in [5, 5.41) is 6.07. The third-order valence-corrected chi connectivity index (χ3v) is 4.24.